The van der Waals surface area contributed by atoms with Crippen molar-refractivity contribution in [3.8, 4) is 5.88 Å². The molecule has 1 aromatic rings. The zero-order chi connectivity index (χ0) is 15.1. The molecular weight excluding hydrogens is 264 g/mol. The third kappa shape index (κ3) is 4.20. The molecule has 0 saturated carbocycles. The maximum Gasteiger partial charge on any atom is 0.357 e. The number of nitrogens with two attached hydrogens (primary N) is 1. The van der Waals surface area contributed by atoms with E-state index in [2.05, 4.69) is 9.72 Å². The number of carbonyl (C=O) groups is 2. The zero-order valence-electron chi connectivity index (χ0n) is 11.7. The Bertz CT molecular complexity index is 490. The number of pyridine rings is 1. The van der Waals surface area contributed by atoms with E-state index in [1.807, 2.05) is 0 Å². The quantitative estimate of drug-likeness (QED) is 0.749. The van der Waals surface area contributed by atoms with Crippen LogP contribution >= 0.6 is 0 Å². The van der Waals surface area contributed by atoms with Gasteiger partial charge in [-0.15, -0.1) is 0 Å². The summed E-state index contributed by atoms with van der Waals surface area (Å²) in [4.78, 5) is 27.0. The topological polar surface area (TPSA) is 101 Å². The van der Waals surface area contributed by atoms with Gasteiger partial charge >= 0.3 is 11.9 Å². The van der Waals surface area contributed by atoms with Crippen molar-refractivity contribution in [2.24, 2.45) is 5.73 Å². The van der Waals surface area contributed by atoms with Crippen LogP contribution in [0.4, 0.5) is 0 Å². The van der Waals surface area contributed by atoms with E-state index in [9.17, 15) is 9.59 Å². The third-order valence-corrected chi connectivity index (χ3v) is 2.51. The van der Waals surface area contributed by atoms with E-state index in [4.69, 9.17) is 15.2 Å². The average Bonchev–Trinajstić information content (AvgIpc) is 2.46. The molecule has 0 aliphatic heterocycles. The Morgan fingerprint density at radius 1 is 1.35 bits per heavy atom. The number of nitrogens with zero attached hydrogens (tertiary/aromatic N) is 1. The monoisotopic (exact) mass is 282 g/mol. The lowest BCUT2D eigenvalue weighted by Gasteiger charge is -2.11. The lowest BCUT2D eigenvalue weighted by molar-refractivity contribution is -0.142. The molecule has 0 aliphatic rings. The second kappa shape index (κ2) is 7.44. The van der Waals surface area contributed by atoms with Crippen LogP contribution < -0.4 is 10.5 Å². The highest BCUT2D eigenvalue weighted by molar-refractivity contribution is 5.87. The summed E-state index contributed by atoms with van der Waals surface area (Å²) in [5, 5.41) is 0. The van der Waals surface area contributed by atoms with E-state index < -0.39 is 18.0 Å². The summed E-state index contributed by atoms with van der Waals surface area (Å²) in [7, 11) is 2.70. The van der Waals surface area contributed by atoms with Crippen molar-refractivity contribution >= 4 is 11.9 Å². The smallest absolute Gasteiger partial charge is 0.357 e. The molecule has 0 amide bonds. The lowest BCUT2D eigenvalue weighted by atomic mass is 10.1. The van der Waals surface area contributed by atoms with Gasteiger partial charge in [-0.1, -0.05) is 0 Å². The first-order chi connectivity index (χ1) is 9.51. The Hall–Kier alpha value is -2.15. The van der Waals surface area contributed by atoms with Crippen LogP contribution in [0.2, 0.25) is 0 Å². The Labute approximate surface area is 117 Å². The van der Waals surface area contributed by atoms with Crippen LogP contribution in [0.1, 0.15) is 23.0 Å². The first-order valence-corrected chi connectivity index (χ1v) is 6.07. The fourth-order valence-corrected chi connectivity index (χ4v) is 1.58. The molecule has 7 nitrogen and oxygen atoms in total. The minimum absolute atomic E-state index is 0.110. The molecule has 1 heterocycles. The van der Waals surface area contributed by atoms with Crippen LogP contribution in [0.15, 0.2) is 12.1 Å². The number of aromatic nitrogens is 1. The maximum atomic E-state index is 11.7. The summed E-state index contributed by atoms with van der Waals surface area (Å²) in [5.41, 5.74) is 6.43. The van der Waals surface area contributed by atoms with Crippen LogP contribution in [0.3, 0.4) is 0 Å². The van der Waals surface area contributed by atoms with Gasteiger partial charge in [0.1, 0.15) is 6.04 Å². The SMILES string of the molecule is CCOC(=O)c1cc(C[C@H](N)C(=O)OC)cc(OC)n1. The number of hydrogen-bond donors (Lipinski definition) is 1. The van der Waals surface area contributed by atoms with Crippen molar-refractivity contribution in [3.05, 3.63) is 23.4 Å². The van der Waals surface area contributed by atoms with E-state index in [1.54, 1.807) is 13.0 Å². The Balaban J connectivity index is 2.98. The van der Waals surface area contributed by atoms with Gasteiger partial charge in [0.2, 0.25) is 5.88 Å². The van der Waals surface area contributed by atoms with Crippen LogP contribution in [0.25, 0.3) is 0 Å². The second-order valence-electron chi connectivity index (χ2n) is 3.96. The molecule has 2 N–H and O–H groups in total. The number of hydrogen-bond acceptors (Lipinski definition) is 7. The third-order valence-electron chi connectivity index (χ3n) is 2.51. The molecule has 7 heteroatoms. The van der Waals surface area contributed by atoms with Gasteiger partial charge < -0.3 is 19.9 Å². The molecular formula is C13H18N2O5. The number of esters is 2. The summed E-state index contributed by atoms with van der Waals surface area (Å²) >= 11 is 0. The maximum absolute atomic E-state index is 11.7. The first-order valence-electron chi connectivity index (χ1n) is 6.07. The Morgan fingerprint density at radius 3 is 2.60 bits per heavy atom. The largest absolute Gasteiger partial charge is 0.481 e. The first kappa shape index (κ1) is 15.9. The predicted molar refractivity (Wildman–Crippen MR) is 70.4 cm³/mol. The predicted octanol–water partition coefficient (Wildman–Crippen LogP) is 0.310. The molecule has 0 aliphatic carbocycles. The van der Waals surface area contributed by atoms with Gasteiger partial charge in [0.05, 0.1) is 20.8 Å². The van der Waals surface area contributed by atoms with Gasteiger partial charge in [-0.25, -0.2) is 9.78 Å². The van der Waals surface area contributed by atoms with Crippen molar-refractivity contribution in [2.45, 2.75) is 19.4 Å². The van der Waals surface area contributed by atoms with Gasteiger partial charge in [-0.3, -0.25) is 4.79 Å². The van der Waals surface area contributed by atoms with E-state index in [0.29, 0.717) is 5.56 Å². The highest BCUT2D eigenvalue weighted by atomic mass is 16.5. The molecule has 0 radical (unpaired) electrons. The van der Waals surface area contributed by atoms with E-state index in [1.165, 1.54) is 20.3 Å². The van der Waals surface area contributed by atoms with Crippen molar-refractivity contribution < 1.29 is 23.8 Å². The second-order valence-corrected chi connectivity index (χ2v) is 3.96. The highest BCUT2D eigenvalue weighted by Gasteiger charge is 2.17. The van der Waals surface area contributed by atoms with E-state index >= 15 is 0 Å². The Kier molecular flexibility index (Phi) is 5.92. The van der Waals surface area contributed by atoms with Crippen molar-refractivity contribution in [2.75, 3.05) is 20.8 Å². The van der Waals surface area contributed by atoms with Crippen molar-refractivity contribution in [1.29, 1.82) is 0 Å². The molecule has 110 valence electrons. The summed E-state index contributed by atoms with van der Waals surface area (Å²) in [6, 6.07) is 2.30. The molecule has 0 spiro atoms. The van der Waals surface area contributed by atoms with E-state index in [-0.39, 0.29) is 24.6 Å². The van der Waals surface area contributed by atoms with E-state index in [0.717, 1.165) is 0 Å². The molecule has 1 aromatic heterocycles. The lowest BCUT2D eigenvalue weighted by Crippen LogP contribution is -2.33. The number of methoxy groups -OCH3 is 2. The minimum Gasteiger partial charge on any atom is -0.481 e. The number of ether oxygens (including phenoxy) is 3. The summed E-state index contributed by atoms with van der Waals surface area (Å²) < 4.78 is 14.4. The Morgan fingerprint density at radius 2 is 2.05 bits per heavy atom. The molecule has 1 rings (SSSR count). The highest BCUT2D eigenvalue weighted by Crippen LogP contribution is 2.15. The van der Waals surface area contributed by atoms with Crippen LogP contribution in [0, 0.1) is 0 Å². The normalized spacial score (nSPS) is 11.6. The van der Waals surface area contributed by atoms with Gasteiger partial charge in [-0.2, -0.15) is 0 Å². The van der Waals surface area contributed by atoms with Gasteiger partial charge in [-0.05, 0) is 25.0 Å². The molecule has 20 heavy (non-hydrogen) atoms. The van der Waals surface area contributed by atoms with Gasteiger partial charge in [0.15, 0.2) is 5.69 Å². The molecule has 0 aromatic carbocycles. The van der Waals surface area contributed by atoms with Crippen LogP contribution in [0.5, 0.6) is 5.88 Å². The fraction of sp³-hybridized carbons (Fsp3) is 0.462. The summed E-state index contributed by atoms with van der Waals surface area (Å²) in [6.45, 7) is 1.95. The average molecular weight is 282 g/mol. The summed E-state index contributed by atoms with van der Waals surface area (Å²) in [6.07, 6.45) is 0.206. The molecule has 0 unspecified atom stereocenters. The standard InChI is InChI=1S/C13H18N2O5/c1-4-20-13(17)10-6-8(7-11(15-10)18-2)5-9(14)12(16)19-3/h6-7,9H,4-5,14H2,1-3H3/t9-/m0/s1. The molecule has 0 fully saturated rings. The fourth-order valence-electron chi connectivity index (χ4n) is 1.58. The number of carbonyl (C=O) groups excluding carboxylic acids is 2. The molecule has 0 bridgehead atoms. The van der Waals surface area contributed by atoms with Gasteiger partial charge in [0.25, 0.3) is 0 Å². The van der Waals surface area contributed by atoms with Crippen LogP contribution in [-0.2, 0) is 20.7 Å². The molecule has 1 atom stereocenters. The van der Waals surface area contributed by atoms with Crippen LogP contribution in [-0.4, -0.2) is 43.8 Å². The van der Waals surface area contributed by atoms with Gasteiger partial charge in [0, 0.05) is 6.07 Å². The zero-order valence-corrected chi connectivity index (χ0v) is 11.7. The minimum atomic E-state index is -0.817. The molecule has 0 saturated heterocycles. The number of rotatable bonds is 6. The van der Waals surface area contributed by atoms with Crippen molar-refractivity contribution in [1.82, 2.24) is 4.98 Å². The van der Waals surface area contributed by atoms with Crippen molar-refractivity contribution in [3.63, 3.8) is 0 Å². The summed E-state index contributed by atoms with van der Waals surface area (Å²) in [5.74, 6) is -0.833.